The van der Waals surface area contributed by atoms with Crippen LogP contribution in [-0.4, -0.2) is 9.48 Å². The molecule has 0 atom stereocenters. The Labute approximate surface area is 107 Å². The quantitative estimate of drug-likeness (QED) is 0.750. The van der Waals surface area contributed by atoms with Crippen LogP contribution in [0.5, 0.6) is 5.75 Å². The van der Waals surface area contributed by atoms with E-state index in [0.29, 0.717) is 5.75 Å². The summed E-state index contributed by atoms with van der Waals surface area (Å²) in [4.78, 5) is 1.11. The van der Waals surface area contributed by atoms with Gasteiger partial charge in [-0.25, -0.2) is 0 Å². The van der Waals surface area contributed by atoms with Crippen LogP contribution in [0.3, 0.4) is 0 Å². The maximum Gasteiger partial charge on any atom is 0.115 e. The number of hydrogen-bond acceptors (Lipinski definition) is 4. The van der Waals surface area contributed by atoms with E-state index in [2.05, 4.69) is 10.4 Å². The molecule has 84 valence electrons. The molecule has 0 bridgehead atoms. The van der Waals surface area contributed by atoms with Crippen molar-refractivity contribution < 1.29 is 5.11 Å². The van der Waals surface area contributed by atoms with Crippen molar-refractivity contribution in [1.29, 1.82) is 0 Å². The molecule has 0 unspecified atom stereocenters. The van der Waals surface area contributed by atoms with Gasteiger partial charge in [0, 0.05) is 10.3 Å². The summed E-state index contributed by atoms with van der Waals surface area (Å²) < 4.78 is 5.59. The first-order chi connectivity index (χ1) is 8.33. The summed E-state index contributed by atoms with van der Waals surface area (Å²) in [5, 5.41) is 10.4. The van der Waals surface area contributed by atoms with Gasteiger partial charge in [0.2, 0.25) is 0 Å². The summed E-state index contributed by atoms with van der Waals surface area (Å²) in [6, 6.07) is 15.4. The maximum absolute atomic E-state index is 9.24. The molecule has 1 heterocycles. The van der Waals surface area contributed by atoms with Crippen LogP contribution in [-0.2, 0) is 0 Å². The maximum atomic E-state index is 9.24. The van der Waals surface area contributed by atoms with Crippen LogP contribution in [0.1, 0.15) is 0 Å². The Balaban J connectivity index is 1.97. The monoisotopic (exact) mass is 259 g/mol. The van der Waals surface area contributed by atoms with Crippen LogP contribution in [0.2, 0.25) is 0 Å². The molecule has 0 aliphatic carbocycles. The zero-order chi connectivity index (χ0) is 11.7. The van der Waals surface area contributed by atoms with E-state index < -0.39 is 0 Å². The minimum Gasteiger partial charge on any atom is -0.508 e. The first-order valence-electron chi connectivity index (χ1n) is 5.14. The predicted octanol–water partition coefficient (Wildman–Crippen LogP) is 4.15. The molecule has 4 heteroatoms. The number of nitrogens with zero attached hydrogens (tertiary/aromatic N) is 1. The topological polar surface area (TPSA) is 33.1 Å². The fourth-order valence-corrected chi connectivity index (χ4v) is 3.49. The molecule has 0 amide bonds. The summed E-state index contributed by atoms with van der Waals surface area (Å²) in [7, 11) is 0. The molecule has 3 rings (SSSR count). The third kappa shape index (κ3) is 2.14. The van der Waals surface area contributed by atoms with Crippen molar-refractivity contribution in [3.05, 3.63) is 48.5 Å². The lowest BCUT2D eigenvalue weighted by Crippen LogP contribution is -1.70. The minimum absolute atomic E-state index is 0.295. The van der Waals surface area contributed by atoms with Crippen LogP contribution >= 0.6 is 23.3 Å². The third-order valence-corrected chi connectivity index (χ3v) is 4.46. The second-order valence-corrected chi connectivity index (χ2v) is 5.70. The first kappa shape index (κ1) is 10.6. The SMILES string of the molecule is Oc1ccc(Sc2snc3ccccc23)cc1. The van der Waals surface area contributed by atoms with Crippen LogP contribution in [0.15, 0.2) is 57.6 Å². The lowest BCUT2D eigenvalue weighted by atomic mass is 10.3. The fourth-order valence-electron chi connectivity index (χ4n) is 1.56. The average Bonchev–Trinajstić information content (AvgIpc) is 2.76. The van der Waals surface area contributed by atoms with Gasteiger partial charge in [-0.05, 0) is 41.9 Å². The predicted molar refractivity (Wildman–Crippen MR) is 71.8 cm³/mol. The average molecular weight is 259 g/mol. The number of hydrogen-bond donors (Lipinski definition) is 1. The van der Waals surface area contributed by atoms with Gasteiger partial charge in [-0.1, -0.05) is 30.0 Å². The first-order valence-corrected chi connectivity index (χ1v) is 6.73. The van der Waals surface area contributed by atoms with E-state index in [0.717, 1.165) is 10.4 Å². The van der Waals surface area contributed by atoms with Gasteiger partial charge < -0.3 is 5.11 Å². The summed E-state index contributed by atoms with van der Waals surface area (Å²) in [6.45, 7) is 0. The number of aromatic nitrogens is 1. The van der Waals surface area contributed by atoms with E-state index >= 15 is 0 Å². The number of fused-ring (bicyclic) bond motifs is 1. The van der Waals surface area contributed by atoms with E-state index in [1.54, 1.807) is 23.9 Å². The number of aromatic hydroxyl groups is 1. The molecule has 0 aliphatic rings. The highest BCUT2D eigenvalue weighted by atomic mass is 32.2. The Bertz CT molecular complexity index is 646. The minimum atomic E-state index is 0.295. The molecule has 0 saturated carbocycles. The summed E-state index contributed by atoms with van der Waals surface area (Å²) in [6.07, 6.45) is 0. The highest BCUT2D eigenvalue weighted by molar-refractivity contribution is 8.01. The molecule has 2 nitrogen and oxygen atoms in total. The van der Waals surface area contributed by atoms with E-state index in [9.17, 15) is 5.11 Å². The van der Waals surface area contributed by atoms with Crippen molar-refractivity contribution in [2.45, 2.75) is 9.10 Å². The second-order valence-electron chi connectivity index (χ2n) is 3.58. The second kappa shape index (κ2) is 4.39. The Morgan fingerprint density at radius 2 is 1.76 bits per heavy atom. The molecule has 0 radical (unpaired) electrons. The normalized spacial score (nSPS) is 10.8. The standard InChI is InChI=1S/C13H9NOS2/c15-9-5-7-10(8-6-9)16-13-11-3-1-2-4-12(11)14-17-13/h1-8,15H. The molecule has 3 aromatic rings. The number of rotatable bonds is 2. The largest absolute Gasteiger partial charge is 0.508 e. The summed E-state index contributed by atoms with van der Waals surface area (Å²) in [5.74, 6) is 0.295. The Kier molecular flexibility index (Phi) is 2.74. The molecular formula is C13H9NOS2. The number of phenols is 1. The Morgan fingerprint density at radius 1 is 1.00 bits per heavy atom. The van der Waals surface area contributed by atoms with Gasteiger partial charge in [0.15, 0.2) is 0 Å². The smallest absolute Gasteiger partial charge is 0.115 e. The molecule has 0 aliphatic heterocycles. The highest BCUT2D eigenvalue weighted by Gasteiger charge is 2.06. The van der Waals surface area contributed by atoms with Gasteiger partial charge >= 0.3 is 0 Å². The van der Waals surface area contributed by atoms with E-state index in [1.165, 1.54) is 21.1 Å². The zero-order valence-electron chi connectivity index (χ0n) is 8.83. The lowest BCUT2D eigenvalue weighted by Gasteiger charge is -1.99. The molecule has 1 N–H and O–H groups in total. The molecule has 1 aromatic heterocycles. The van der Waals surface area contributed by atoms with Crippen molar-refractivity contribution in [3.63, 3.8) is 0 Å². The van der Waals surface area contributed by atoms with Crippen LogP contribution in [0, 0.1) is 0 Å². The van der Waals surface area contributed by atoms with Gasteiger partial charge in [-0.2, -0.15) is 4.37 Å². The highest BCUT2D eigenvalue weighted by Crippen LogP contribution is 2.36. The van der Waals surface area contributed by atoms with Crippen LogP contribution < -0.4 is 0 Å². The van der Waals surface area contributed by atoms with Crippen molar-refractivity contribution in [3.8, 4) is 5.75 Å². The van der Waals surface area contributed by atoms with Crippen molar-refractivity contribution >= 4 is 34.2 Å². The van der Waals surface area contributed by atoms with Crippen LogP contribution in [0.25, 0.3) is 10.9 Å². The van der Waals surface area contributed by atoms with Crippen LogP contribution in [0.4, 0.5) is 0 Å². The van der Waals surface area contributed by atoms with Gasteiger partial charge in [0.1, 0.15) is 5.75 Å². The molecule has 2 aromatic carbocycles. The summed E-state index contributed by atoms with van der Waals surface area (Å²) in [5.41, 5.74) is 1.04. The number of benzene rings is 2. The van der Waals surface area contributed by atoms with Gasteiger partial charge in [-0.15, -0.1) is 0 Å². The van der Waals surface area contributed by atoms with Gasteiger partial charge in [0.05, 0.1) is 9.73 Å². The Hall–Kier alpha value is -1.52. The number of phenolic OH excluding ortho intramolecular Hbond substituents is 1. The molecule has 0 saturated heterocycles. The fraction of sp³-hybridized carbons (Fsp3) is 0. The third-order valence-electron chi connectivity index (χ3n) is 2.40. The van der Waals surface area contributed by atoms with Gasteiger partial charge in [0.25, 0.3) is 0 Å². The van der Waals surface area contributed by atoms with E-state index in [1.807, 2.05) is 30.3 Å². The summed E-state index contributed by atoms with van der Waals surface area (Å²) >= 11 is 3.19. The van der Waals surface area contributed by atoms with Crippen molar-refractivity contribution in [1.82, 2.24) is 4.37 Å². The molecule has 17 heavy (non-hydrogen) atoms. The lowest BCUT2D eigenvalue weighted by molar-refractivity contribution is 0.475. The van der Waals surface area contributed by atoms with Gasteiger partial charge in [-0.3, -0.25) is 0 Å². The van der Waals surface area contributed by atoms with Crippen molar-refractivity contribution in [2.75, 3.05) is 0 Å². The zero-order valence-corrected chi connectivity index (χ0v) is 10.5. The molecule has 0 spiro atoms. The van der Waals surface area contributed by atoms with E-state index in [4.69, 9.17) is 0 Å². The Morgan fingerprint density at radius 3 is 2.59 bits per heavy atom. The molecule has 0 fully saturated rings. The van der Waals surface area contributed by atoms with Crippen molar-refractivity contribution in [2.24, 2.45) is 0 Å². The van der Waals surface area contributed by atoms with E-state index in [-0.39, 0.29) is 0 Å². The molecular weight excluding hydrogens is 250 g/mol.